The first-order valence-corrected chi connectivity index (χ1v) is 7.00. The van der Waals surface area contributed by atoms with Gasteiger partial charge in [0.2, 0.25) is 0 Å². The molecule has 1 aromatic rings. The van der Waals surface area contributed by atoms with E-state index in [2.05, 4.69) is 32.7 Å². The normalized spacial score (nSPS) is 13.5. The Kier molecular flexibility index (Phi) is 6.31. The van der Waals surface area contributed by atoms with Gasteiger partial charge in [-0.15, -0.1) is 0 Å². The highest BCUT2D eigenvalue weighted by molar-refractivity contribution is 4.93. The van der Waals surface area contributed by atoms with Crippen LogP contribution >= 0.6 is 0 Å². The fourth-order valence-electron chi connectivity index (χ4n) is 2.25. The van der Waals surface area contributed by atoms with Crippen LogP contribution in [0.25, 0.3) is 0 Å². The molecule has 0 saturated carbocycles. The Labute approximate surface area is 106 Å². The molecule has 0 aliphatic carbocycles. The number of nitrogens with zero attached hydrogens (tertiary/aromatic N) is 1. The Bertz CT molecular complexity index is 277. The molecule has 1 atom stereocenters. The quantitative estimate of drug-likeness (QED) is 0.593. The molecule has 1 aromatic heterocycles. The molecule has 0 aliphatic heterocycles. The summed E-state index contributed by atoms with van der Waals surface area (Å²) in [5.41, 5.74) is 0. The third-order valence-electron chi connectivity index (χ3n) is 3.37. The molecule has 0 fully saturated rings. The number of unbranched alkanes of at least 4 members (excludes halogenated alkanes) is 2. The Morgan fingerprint density at radius 1 is 1.06 bits per heavy atom. The molecule has 98 valence electrons. The lowest BCUT2D eigenvalue weighted by atomic mass is 9.90. The van der Waals surface area contributed by atoms with Gasteiger partial charge < -0.3 is 4.42 Å². The molecule has 1 unspecified atom stereocenters. The Morgan fingerprint density at radius 3 is 2.29 bits per heavy atom. The fraction of sp³-hybridized carbons (Fsp3) is 0.800. The van der Waals surface area contributed by atoms with Gasteiger partial charge in [0, 0.05) is 5.92 Å². The highest BCUT2D eigenvalue weighted by Crippen LogP contribution is 2.28. The van der Waals surface area contributed by atoms with Crippen molar-refractivity contribution in [3.63, 3.8) is 0 Å². The summed E-state index contributed by atoms with van der Waals surface area (Å²) in [6, 6.07) is 0. The van der Waals surface area contributed by atoms with E-state index in [9.17, 15) is 0 Å². The molecule has 1 rings (SSSR count). The Balaban J connectivity index is 2.27. The van der Waals surface area contributed by atoms with Crippen molar-refractivity contribution in [3.8, 4) is 0 Å². The van der Waals surface area contributed by atoms with E-state index >= 15 is 0 Å². The first-order valence-electron chi connectivity index (χ1n) is 7.00. The van der Waals surface area contributed by atoms with Crippen molar-refractivity contribution >= 4 is 0 Å². The van der Waals surface area contributed by atoms with Gasteiger partial charge in [-0.25, -0.2) is 4.98 Å². The largest absolute Gasteiger partial charge is 0.449 e. The lowest BCUT2D eigenvalue weighted by molar-refractivity contribution is 0.353. The summed E-state index contributed by atoms with van der Waals surface area (Å²) in [6.07, 6.45) is 9.97. The number of oxazole rings is 1. The van der Waals surface area contributed by atoms with Gasteiger partial charge >= 0.3 is 0 Å². The lowest BCUT2D eigenvalue weighted by Gasteiger charge is -2.17. The minimum absolute atomic E-state index is 0.490. The zero-order chi connectivity index (χ0) is 12.7. The summed E-state index contributed by atoms with van der Waals surface area (Å²) in [5, 5.41) is 0. The first-order chi connectivity index (χ1) is 8.11. The van der Waals surface area contributed by atoms with Crippen LogP contribution in [0.5, 0.6) is 0 Å². The fourth-order valence-corrected chi connectivity index (χ4v) is 2.25. The van der Waals surface area contributed by atoms with Gasteiger partial charge in [0.05, 0.1) is 6.20 Å². The van der Waals surface area contributed by atoms with Crippen molar-refractivity contribution in [3.05, 3.63) is 18.4 Å². The zero-order valence-corrected chi connectivity index (χ0v) is 11.8. The SMILES string of the molecule is CC(C)CCCCCC(c1ncco1)C(C)C. The van der Waals surface area contributed by atoms with Crippen LogP contribution in [0.4, 0.5) is 0 Å². The summed E-state index contributed by atoms with van der Waals surface area (Å²) in [5.74, 6) is 2.86. The molecule has 0 saturated heterocycles. The smallest absolute Gasteiger partial charge is 0.197 e. The van der Waals surface area contributed by atoms with Crippen molar-refractivity contribution in [2.75, 3.05) is 0 Å². The molecule has 0 aromatic carbocycles. The van der Waals surface area contributed by atoms with E-state index in [0.29, 0.717) is 11.8 Å². The molecule has 0 radical (unpaired) electrons. The van der Waals surface area contributed by atoms with Crippen molar-refractivity contribution < 1.29 is 4.42 Å². The lowest BCUT2D eigenvalue weighted by Crippen LogP contribution is -2.07. The molecule has 0 N–H and O–H groups in total. The number of rotatable bonds is 8. The van der Waals surface area contributed by atoms with Gasteiger partial charge in [-0.1, -0.05) is 53.4 Å². The maximum atomic E-state index is 5.44. The highest BCUT2D eigenvalue weighted by Gasteiger charge is 2.19. The summed E-state index contributed by atoms with van der Waals surface area (Å²) in [7, 11) is 0. The van der Waals surface area contributed by atoms with Crippen molar-refractivity contribution in [2.24, 2.45) is 11.8 Å². The van der Waals surface area contributed by atoms with Crippen LogP contribution in [0.15, 0.2) is 16.9 Å². The van der Waals surface area contributed by atoms with Crippen LogP contribution in [0, 0.1) is 11.8 Å². The van der Waals surface area contributed by atoms with Crippen LogP contribution < -0.4 is 0 Å². The van der Waals surface area contributed by atoms with Gasteiger partial charge in [0.25, 0.3) is 0 Å². The summed E-state index contributed by atoms with van der Waals surface area (Å²) in [4.78, 5) is 4.30. The predicted molar refractivity (Wildman–Crippen MR) is 72.0 cm³/mol. The second kappa shape index (κ2) is 7.52. The molecule has 0 amide bonds. The van der Waals surface area contributed by atoms with Gasteiger partial charge in [-0.05, 0) is 18.3 Å². The van der Waals surface area contributed by atoms with E-state index in [4.69, 9.17) is 4.42 Å². The monoisotopic (exact) mass is 237 g/mol. The minimum atomic E-state index is 0.490. The van der Waals surface area contributed by atoms with Gasteiger partial charge in [0.1, 0.15) is 6.26 Å². The highest BCUT2D eigenvalue weighted by atomic mass is 16.3. The number of aromatic nitrogens is 1. The molecule has 17 heavy (non-hydrogen) atoms. The van der Waals surface area contributed by atoms with Crippen LogP contribution in [0.2, 0.25) is 0 Å². The van der Waals surface area contributed by atoms with Crippen molar-refractivity contribution in [2.45, 2.75) is 65.7 Å². The Hall–Kier alpha value is -0.790. The second-order valence-corrected chi connectivity index (χ2v) is 5.75. The molecular formula is C15H27NO. The third kappa shape index (κ3) is 5.38. The van der Waals surface area contributed by atoms with Crippen LogP contribution in [0.3, 0.4) is 0 Å². The standard InChI is InChI=1S/C15H27NO/c1-12(2)8-6-5-7-9-14(13(3)4)15-16-10-11-17-15/h10-14H,5-9H2,1-4H3. The predicted octanol–water partition coefficient (Wildman–Crippen LogP) is 5.02. The van der Waals surface area contributed by atoms with E-state index in [1.165, 1.54) is 32.1 Å². The van der Waals surface area contributed by atoms with Crippen LogP contribution in [0.1, 0.15) is 71.6 Å². The maximum absolute atomic E-state index is 5.44. The topological polar surface area (TPSA) is 26.0 Å². The second-order valence-electron chi connectivity index (χ2n) is 5.75. The van der Waals surface area contributed by atoms with Gasteiger partial charge in [-0.2, -0.15) is 0 Å². The van der Waals surface area contributed by atoms with Crippen LogP contribution in [-0.4, -0.2) is 4.98 Å². The number of hydrogen-bond acceptors (Lipinski definition) is 2. The first kappa shape index (κ1) is 14.3. The number of hydrogen-bond donors (Lipinski definition) is 0. The van der Waals surface area contributed by atoms with E-state index < -0.39 is 0 Å². The third-order valence-corrected chi connectivity index (χ3v) is 3.37. The maximum Gasteiger partial charge on any atom is 0.197 e. The average molecular weight is 237 g/mol. The van der Waals surface area contributed by atoms with E-state index in [-0.39, 0.29) is 0 Å². The van der Waals surface area contributed by atoms with Crippen molar-refractivity contribution in [1.82, 2.24) is 4.98 Å². The van der Waals surface area contributed by atoms with Crippen molar-refractivity contribution in [1.29, 1.82) is 0 Å². The summed E-state index contributed by atoms with van der Waals surface area (Å²) >= 11 is 0. The van der Waals surface area contributed by atoms with Gasteiger partial charge in [0.15, 0.2) is 5.89 Å². The molecule has 0 bridgehead atoms. The minimum Gasteiger partial charge on any atom is -0.449 e. The van der Waals surface area contributed by atoms with E-state index in [0.717, 1.165) is 11.8 Å². The van der Waals surface area contributed by atoms with E-state index in [1.54, 1.807) is 12.5 Å². The molecule has 0 spiro atoms. The van der Waals surface area contributed by atoms with Gasteiger partial charge in [-0.3, -0.25) is 0 Å². The molecular weight excluding hydrogens is 210 g/mol. The molecule has 1 heterocycles. The summed E-state index contributed by atoms with van der Waals surface area (Å²) in [6.45, 7) is 9.10. The zero-order valence-electron chi connectivity index (χ0n) is 11.8. The molecule has 0 aliphatic rings. The average Bonchev–Trinajstić information content (AvgIpc) is 2.75. The summed E-state index contributed by atoms with van der Waals surface area (Å²) < 4.78 is 5.44. The van der Waals surface area contributed by atoms with Crippen LogP contribution in [-0.2, 0) is 0 Å². The molecule has 2 heteroatoms. The Morgan fingerprint density at radius 2 is 1.76 bits per heavy atom. The molecule has 2 nitrogen and oxygen atoms in total. The van der Waals surface area contributed by atoms with E-state index in [1.807, 2.05) is 0 Å².